The molecule has 0 saturated carbocycles. The minimum atomic E-state index is -4.28. The average Bonchev–Trinajstić information content (AvgIpc) is 2.90. The highest BCUT2D eigenvalue weighted by Crippen LogP contribution is 2.39. The Morgan fingerprint density at radius 1 is 1.00 bits per heavy atom. The van der Waals surface area contributed by atoms with E-state index in [-0.39, 0.29) is 25.0 Å². The van der Waals surface area contributed by atoms with Crippen LogP contribution in [0.5, 0.6) is 0 Å². The Balaban J connectivity index is 1.56. The van der Waals surface area contributed by atoms with Crippen LogP contribution in [-0.4, -0.2) is 67.3 Å². The molecule has 3 fully saturated rings. The maximum Gasteiger partial charge on any atom is 0.400 e. The zero-order chi connectivity index (χ0) is 23.1. The quantitative estimate of drug-likeness (QED) is 0.592. The van der Waals surface area contributed by atoms with Crippen LogP contribution in [0, 0.1) is 0 Å². The summed E-state index contributed by atoms with van der Waals surface area (Å²) < 4.78 is 65.5. The largest absolute Gasteiger partial charge is 0.414 e. The predicted molar refractivity (Wildman–Crippen MR) is 116 cm³/mol. The minimum Gasteiger partial charge on any atom is -0.414 e. The summed E-state index contributed by atoms with van der Waals surface area (Å²) in [5.41, 5.74) is 0.820. The summed E-state index contributed by atoms with van der Waals surface area (Å²) in [6.45, 7) is 10.8. The van der Waals surface area contributed by atoms with E-state index in [0.29, 0.717) is 0 Å². The van der Waals surface area contributed by atoms with E-state index >= 15 is 0 Å². The molecule has 0 N–H and O–H groups in total. The van der Waals surface area contributed by atoms with Gasteiger partial charge >= 0.3 is 10.4 Å². The van der Waals surface area contributed by atoms with Crippen LogP contribution in [-0.2, 0) is 42.1 Å². The van der Waals surface area contributed by atoms with Gasteiger partial charge in [-0.1, -0.05) is 51.1 Å². The fraction of sp³-hybridized carbons (Fsp3) is 0.714. The summed E-state index contributed by atoms with van der Waals surface area (Å²) in [4.78, 5) is 0. The Bertz CT molecular complexity index is 886. The van der Waals surface area contributed by atoms with Gasteiger partial charge in [-0.3, -0.25) is 0 Å². The van der Waals surface area contributed by atoms with Gasteiger partial charge in [-0.25, -0.2) is 8.37 Å². The number of benzene rings is 1. The molecule has 0 bridgehead atoms. The van der Waals surface area contributed by atoms with E-state index in [1.54, 1.807) is 0 Å². The molecule has 3 heterocycles. The second kappa shape index (κ2) is 9.04. The SMILES string of the molecule is CC(C)(C)[Si](C)(C)OCC1OS(=O)(=O)OC2C1OCO[C@@H]1CO[C@@H](c3ccccc3)O[C@@H]21. The van der Waals surface area contributed by atoms with Crippen molar-refractivity contribution < 1.29 is 40.2 Å². The zero-order valence-electron chi connectivity index (χ0n) is 19.1. The van der Waals surface area contributed by atoms with Gasteiger partial charge in [-0.05, 0) is 18.1 Å². The molecule has 1 aromatic rings. The molecule has 3 saturated heterocycles. The second-order valence-corrected chi connectivity index (χ2v) is 15.8. The first-order chi connectivity index (χ1) is 15.0. The minimum absolute atomic E-state index is 0.0400. The summed E-state index contributed by atoms with van der Waals surface area (Å²) in [6.07, 6.45) is -4.51. The molecule has 6 atom stereocenters. The van der Waals surface area contributed by atoms with Crippen LogP contribution >= 0.6 is 0 Å². The lowest BCUT2D eigenvalue weighted by Crippen LogP contribution is -2.59. The molecule has 3 aliphatic heterocycles. The van der Waals surface area contributed by atoms with Gasteiger partial charge in [-0.15, -0.1) is 0 Å². The summed E-state index contributed by atoms with van der Waals surface area (Å²) >= 11 is 0. The number of rotatable bonds is 4. The normalized spacial score (nSPS) is 35.4. The summed E-state index contributed by atoms with van der Waals surface area (Å²) in [5, 5.41) is -0.0400. The third kappa shape index (κ3) is 5.11. The van der Waals surface area contributed by atoms with Crippen LogP contribution in [0.25, 0.3) is 0 Å². The molecule has 0 aromatic heterocycles. The van der Waals surface area contributed by atoms with Crippen molar-refractivity contribution in [1.82, 2.24) is 0 Å². The van der Waals surface area contributed by atoms with Crippen LogP contribution in [0.1, 0.15) is 32.6 Å². The van der Waals surface area contributed by atoms with E-state index in [1.165, 1.54) is 0 Å². The van der Waals surface area contributed by atoms with Crippen LogP contribution in [0.4, 0.5) is 0 Å². The van der Waals surface area contributed by atoms with E-state index in [0.717, 1.165) is 5.56 Å². The predicted octanol–water partition coefficient (Wildman–Crippen LogP) is 2.89. The Hall–Kier alpha value is -0.893. The lowest BCUT2D eigenvalue weighted by atomic mass is 9.98. The highest BCUT2D eigenvalue weighted by molar-refractivity contribution is 7.82. The summed E-state index contributed by atoms with van der Waals surface area (Å²) in [5.74, 6) is 0. The summed E-state index contributed by atoms with van der Waals surface area (Å²) in [7, 11) is -6.42. The highest BCUT2D eigenvalue weighted by atomic mass is 32.3. The van der Waals surface area contributed by atoms with Crippen molar-refractivity contribution in [3.8, 4) is 0 Å². The lowest BCUT2D eigenvalue weighted by Gasteiger charge is -2.43. The van der Waals surface area contributed by atoms with Gasteiger partial charge in [0.2, 0.25) is 0 Å². The molecule has 32 heavy (non-hydrogen) atoms. The fourth-order valence-electron chi connectivity index (χ4n) is 3.67. The molecule has 9 nitrogen and oxygen atoms in total. The molecule has 0 aliphatic carbocycles. The molecule has 11 heteroatoms. The van der Waals surface area contributed by atoms with Crippen LogP contribution in [0.15, 0.2) is 30.3 Å². The third-order valence-corrected chi connectivity index (χ3v) is 12.0. The van der Waals surface area contributed by atoms with Crippen molar-refractivity contribution in [2.45, 2.75) is 75.7 Å². The lowest BCUT2D eigenvalue weighted by molar-refractivity contribution is -0.279. The maximum absolute atomic E-state index is 12.5. The van der Waals surface area contributed by atoms with Gasteiger partial charge < -0.3 is 23.4 Å². The van der Waals surface area contributed by atoms with Gasteiger partial charge in [0.25, 0.3) is 0 Å². The molecule has 180 valence electrons. The van der Waals surface area contributed by atoms with Gasteiger partial charge in [0.05, 0.1) is 13.2 Å². The van der Waals surface area contributed by atoms with Crippen molar-refractivity contribution in [2.24, 2.45) is 0 Å². The van der Waals surface area contributed by atoms with Gasteiger partial charge in [0.15, 0.2) is 14.6 Å². The first-order valence-electron chi connectivity index (χ1n) is 10.8. The molecule has 0 amide bonds. The number of hydrogen-bond donors (Lipinski definition) is 0. The van der Waals surface area contributed by atoms with Crippen molar-refractivity contribution in [1.29, 1.82) is 0 Å². The Morgan fingerprint density at radius 3 is 2.41 bits per heavy atom. The molecule has 4 rings (SSSR count). The second-order valence-electron chi connectivity index (χ2n) is 9.81. The summed E-state index contributed by atoms with van der Waals surface area (Å²) in [6, 6.07) is 9.43. The number of ether oxygens (including phenoxy) is 4. The number of hydrogen-bond acceptors (Lipinski definition) is 9. The van der Waals surface area contributed by atoms with Crippen LogP contribution in [0.2, 0.25) is 18.1 Å². The number of fused-ring (bicyclic) bond motifs is 3. The Morgan fingerprint density at radius 2 is 1.72 bits per heavy atom. The topological polar surface area (TPSA) is 98.8 Å². The monoisotopic (exact) mass is 488 g/mol. The first-order valence-corrected chi connectivity index (χ1v) is 15.0. The molecule has 3 unspecified atom stereocenters. The van der Waals surface area contributed by atoms with Crippen molar-refractivity contribution in [3.63, 3.8) is 0 Å². The van der Waals surface area contributed by atoms with E-state index in [1.807, 2.05) is 30.3 Å². The Kier molecular flexibility index (Phi) is 6.85. The molecule has 0 spiro atoms. The standard InChI is InChI=1S/C21H32O9SSi/c1-21(2,3)32(4,5)27-12-16-17-19(30-31(22,23)29-16)18-15(25-13-26-17)11-24-20(28-18)14-9-7-6-8-10-14/h6-10,15-20H,11-13H2,1-5H3/t15-,16?,17?,18-,19?,20-/m1/s1. The van der Waals surface area contributed by atoms with Gasteiger partial charge in [-0.2, -0.15) is 8.42 Å². The van der Waals surface area contributed by atoms with Crippen molar-refractivity contribution >= 4 is 18.7 Å². The third-order valence-electron chi connectivity index (χ3n) is 6.57. The average molecular weight is 489 g/mol. The Labute approximate surface area is 190 Å². The van der Waals surface area contributed by atoms with E-state index in [4.69, 9.17) is 31.7 Å². The molecular weight excluding hydrogens is 456 g/mol. The molecular formula is C21H32O9SSi. The van der Waals surface area contributed by atoms with Gasteiger partial charge in [0, 0.05) is 5.56 Å². The highest BCUT2D eigenvalue weighted by Gasteiger charge is 2.54. The fourth-order valence-corrected chi connectivity index (χ4v) is 5.69. The molecule has 3 aliphatic rings. The zero-order valence-corrected chi connectivity index (χ0v) is 20.9. The molecule has 0 radical (unpaired) electrons. The maximum atomic E-state index is 12.5. The van der Waals surface area contributed by atoms with Crippen molar-refractivity contribution in [3.05, 3.63) is 35.9 Å². The van der Waals surface area contributed by atoms with E-state index in [9.17, 15) is 8.42 Å². The van der Waals surface area contributed by atoms with Crippen molar-refractivity contribution in [2.75, 3.05) is 20.0 Å². The van der Waals surface area contributed by atoms with E-state index < -0.39 is 55.5 Å². The van der Waals surface area contributed by atoms with Crippen LogP contribution < -0.4 is 0 Å². The van der Waals surface area contributed by atoms with Crippen LogP contribution in [0.3, 0.4) is 0 Å². The first kappa shape index (κ1) is 24.2. The van der Waals surface area contributed by atoms with Gasteiger partial charge in [0.1, 0.15) is 37.3 Å². The molecule has 1 aromatic carbocycles. The smallest absolute Gasteiger partial charge is 0.400 e. The van der Waals surface area contributed by atoms with E-state index in [2.05, 4.69) is 33.9 Å².